The molecule has 0 saturated carbocycles. The molecule has 1 N–H and O–H groups in total. The zero-order chi connectivity index (χ0) is 17.3. The van der Waals surface area contributed by atoms with E-state index in [9.17, 15) is 12.8 Å². The van der Waals surface area contributed by atoms with Gasteiger partial charge in [-0.1, -0.05) is 6.07 Å². The summed E-state index contributed by atoms with van der Waals surface area (Å²) >= 11 is 0. The molecular formula is C15H16FN5O2S. The van der Waals surface area contributed by atoms with Crippen LogP contribution in [0.5, 0.6) is 0 Å². The van der Waals surface area contributed by atoms with Gasteiger partial charge in [0, 0.05) is 19.8 Å². The largest absolute Gasteiger partial charge is 0.365 e. The van der Waals surface area contributed by atoms with E-state index in [1.807, 2.05) is 0 Å². The van der Waals surface area contributed by atoms with Gasteiger partial charge < -0.3 is 5.32 Å². The molecule has 0 aliphatic carbocycles. The van der Waals surface area contributed by atoms with Gasteiger partial charge in [0.05, 0.1) is 17.3 Å². The van der Waals surface area contributed by atoms with Gasteiger partial charge in [-0.15, -0.1) is 0 Å². The van der Waals surface area contributed by atoms with Gasteiger partial charge in [-0.25, -0.2) is 22.8 Å². The maximum Gasteiger partial charge on any atom is 0.163 e. The van der Waals surface area contributed by atoms with Crippen LogP contribution >= 0.6 is 0 Å². The van der Waals surface area contributed by atoms with Gasteiger partial charge in [0.25, 0.3) is 0 Å². The predicted octanol–water partition coefficient (Wildman–Crippen LogP) is 1.66. The number of rotatable bonds is 5. The number of nitrogens with zero attached hydrogens (tertiary/aromatic N) is 4. The highest BCUT2D eigenvalue weighted by molar-refractivity contribution is 7.89. The number of anilines is 1. The van der Waals surface area contributed by atoms with Crippen LogP contribution in [0.1, 0.15) is 11.1 Å². The van der Waals surface area contributed by atoms with Crippen molar-refractivity contribution in [3.63, 3.8) is 0 Å². The summed E-state index contributed by atoms with van der Waals surface area (Å²) in [6.45, 7) is 0.240. The molecule has 0 amide bonds. The minimum Gasteiger partial charge on any atom is -0.365 e. The first-order valence-electron chi connectivity index (χ1n) is 7.15. The highest BCUT2D eigenvalue weighted by Crippen LogP contribution is 2.20. The summed E-state index contributed by atoms with van der Waals surface area (Å²) in [6.07, 6.45) is 4.20. The zero-order valence-electron chi connectivity index (χ0n) is 13.2. The van der Waals surface area contributed by atoms with E-state index in [0.717, 1.165) is 11.6 Å². The number of aromatic nitrogens is 4. The number of hydrogen-bond donors (Lipinski definition) is 1. The van der Waals surface area contributed by atoms with Crippen molar-refractivity contribution >= 4 is 26.7 Å². The second kappa shape index (κ2) is 6.16. The van der Waals surface area contributed by atoms with Gasteiger partial charge in [-0.05, 0) is 23.3 Å². The molecule has 0 unspecified atom stereocenters. The number of benzene rings is 1. The molecule has 1 aromatic carbocycles. The number of sulfone groups is 1. The second-order valence-corrected chi connectivity index (χ2v) is 7.70. The Hall–Kier alpha value is -2.55. The molecule has 2 heterocycles. The number of nitrogens with one attached hydrogen (secondary N) is 1. The fraction of sp³-hybridized carbons (Fsp3) is 0.267. The van der Waals surface area contributed by atoms with Crippen LogP contribution < -0.4 is 5.32 Å². The molecule has 0 bridgehead atoms. The van der Waals surface area contributed by atoms with Gasteiger partial charge in [0.1, 0.15) is 18.0 Å². The van der Waals surface area contributed by atoms with Crippen molar-refractivity contribution in [1.29, 1.82) is 0 Å². The lowest BCUT2D eigenvalue weighted by Crippen LogP contribution is -2.09. The molecule has 0 aliphatic heterocycles. The quantitative estimate of drug-likeness (QED) is 0.753. The fourth-order valence-electron chi connectivity index (χ4n) is 2.46. The van der Waals surface area contributed by atoms with E-state index in [-0.39, 0.29) is 12.3 Å². The first-order chi connectivity index (χ1) is 11.3. The average molecular weight is 349 g/mol. The van der Waals surface area contributed by atoms with Crippen molar-refractivity contribution in [3.8, 4) is 0 Å². The molecule has 0 atom stereocenters. The van der Waals surface area contributed by atoms with Crippen molar-refractivity contribution in [1.82, 2.24) is 19.7 Å². The summed E-state index contributed by atoms with van der Waals surface area (Å²) < 4.78 is 38.3. The van der Waals surface area contributed by atoms with E-state index in [0.29, 0.717) is 22.6 Å². The Labute approximate surface area is 138 Å². The van der Waals surface area contributed by atoms with E-state index in [4.69, 9.17) is 0 Å². The molecule has 9 heteroatoms. The van der Waals surface area contributed by atoms with E-state index in [1.54, 1.807) is 17.9 Å². The number of fused-ring (bicyclic) bond motifs is 1. The number of aryl methyl sites for hydroxylation is 1. The van der Waals surface area contributed by atoms with Crippen LogP contribution in [0.2, 0.25) is 0 Å². The summed E-state index contributed by atoms with van der Waals surface area (Å²) in [7, 11) is -1.44. The Morgan fingerprint density at radius 2 is 2.04 bits per heavy atom. The van der Waals surface area contributed by atoms with Gasteiger partial charge in [-0.3, -0.25) is 4.68 Å². The van der Waals surface area contributed by atoms with Crippen LogP contribution in [0, 0.1) is 5.82 Å². The molecule has 3 aromatic rings. The number of hydrogen-bond acceptors (Lipinski definition) is 6. The average Bonchev–Trinajstić information content (AvgIpc) is 2.88. The van der Waals surface area contributed by atoms with Gasteiger partial charge in [0.15, 0.2) is 15.5 Å². The summed E-state index contributed by atoms with van der Waals surface area (Å²) in [5.41, 5.74) is 1.79. The minimum atomic E-state index is -3.22. The standard InChI is InChI=1S/C15H16FN5O2S/c1-21-15-13(7-20-21)14(18-9-19-15)17-6-11-5-12(16)4-3-10(11)8-24(2,22)23/h3-5,7,9H,6,8H2,1-2H3,(H,17,18,19). The van der Waals surface area contributed by atoms with Crippen molar-refractivity contribution in [3.05, 3.63) is 47.7 Å². The first kappa shape index (κ1) is 16.3. The normalized spacial score (nSPS) is 11.8. The monoisotopic (exact) mass is 349 g/mol. The lowest BCUT2D eigenvalue weighted by Gasteiger charge is -2.11. The van der Waals surface area contributed by atoms with Crippen molar-refractivity contribution in [2.45, 2.75) is 12.3 Å². The van der Waals surface area contributed by atoms with E-state index < -0.39 is 15.7 Å². The SMILES string of the molecule is Cn1ncc2c(NCc3cc(F)ccc3CS(C)(=O)=O)ncnc21. The molecule has 126 valence electrons. The third kappa shape index (κ3) is 3.51. The van der Waals surface area contributed by atoms with E-state index in [2.05, 4.69) is 20.4 Å². The molecular weight excluding hydrogens is 333 g/mol. The molecule has 0 spiro atoms. The molecule has 0 radical (unpaired) electrons. The summed E-state index contributed by atoms with van der Waals surface area (Å²) in [4.78, 5) is 8.32. The Kier molecular flexibility index (Phi) is 4.18. The molecule has 24 heavy (non-hydrogen) atoms. The fourth-order valence-corrected chi connectivity index (χ4v) is 3.31. The predicted molar refractivity (Wildman–Crippen MR) is 88.6 cm³/mol. The van der Waals surface area contributed by atoms with Gasteiger partial charge >= 0.3 is 0 Å². The van der Waals surface area contributed by atoms with Gasteiger partial charge in [0.2, 0.25) is 0 Å². The third-order valence-corrected chi connectivity index (χ3v) is 4.40. The van der Waals surface area contributed by atoms with Crippen LogP contribution in [-0.4, -0.2) is 34.4 Å². The number of halogens is 1. The maximum atomic E-state index is 13.5. The lowest BCUT2D eigenvalue weighted by molar-refractivity contribution is 0.600. The Morgan fingerprint density at radius 1 is 1.25 bits per heavy atom. The first-order valence-corrected chi connectivity index (χ1v) is 9.21. The minimum absolute atomic E-state index is 0.142. The lowest BCUT2D eigenvalue weighted by atomic mass is 10.1. The molecule has 7 nitrogen and oxygen atoms in total. The molecule has 0 fully saturated rings. The highest BCUT2D eigenvalue weighted by Gasteiger charge is 2.12. The summed E-state index contributed by atoms with van der Waals surface area (Å²) in [6, 6.07) is 4.08. The van der Waals surface area contributed by atoms with Crippen molar-refractivity contribution in [2.75, 3.05) is 11.6 Å². The van der Waals surface area contributed by atoms with E-state index >= 15 is 0 Å². The van der Waals surface area contributed by atoms with Crippen molar-refractivity contribution < 1.29 is 12.8 Å². The van der Waals surface area contributed by atoms with Crippen molar-refractivity contribution in [2.24, 2.45) is 7.05 Å². The van der Waals surface area contributed by atoms with Gasteiger partial charge in [-0.2, -0.15) is 5.10 Å². The summed E-state index contributed by atoms with van der Waals surface area (Å²) in [5.74, 6) is -0.00274. The zero-order valence-corrected chi connectivity index (χ0v) is 14.0. The van der Waals surface area contributed by atoms with E-state index in [1.165, 1.54) is 24.5 Å². The Bertz CT molecular complexity index is 1000. The highest BCUT2D eigenvalue weighted by atomic mass is 32.2. The Balaban J connectivity index is 1.89. The third-order valence-electron chi connectivity index (χ3n) is 3.56. The maximum absolute atomic E-state index is 13.5. The van der Waals surface area contributed by atoms with Crippen LogP contribution in [-0.2, 0) is 29.2 Å². The molecule has 3 rings (SSSR count). The van der Waals surface area contributed by atoms with Crippen LogP contribution in [0.3, 0.4) is 0 Å². The molecule has 0 saturated heterocycles. The molecule has 2 aromatic heterocycles. The second-order valence-electron chi connectivity index (χ2n) is 5.56. The Morgan fingerprint density at radius 3 is 2.79 bits per heavy atom. The van der Waals surface area contributed by atoms with Crippen LogP contribution in [0.15, 0.2) is 30.7 Å². The smallest absolute Gasteiger partial charge is 0.163 e. The topological polar surface area (TPSA) is 89.8 Å². The van der Waals surface area contributed by atoms with Crippen LogP contribution in [0.25, 0.3) is 11.0 Å². The molecule has 0 aliphatic rings. The van der Waals surface area contributed by atoms with Crippen LogP contribution in [0.4, 0.5) is 10.2 Å². The summed E-state index contributed by atoms with van der Waals surface area (Å²) in [5, 5.41) is 7.97.